The van der Waals surface area contributed by atoms with Gasteiger partial charge in [0, 0.05) is 12.1 Å². The van der Waals surface area contributed by atoms with Gasteiger partial charge in [-0.2, -0.15) is 11.3 Å². The van der Waals surface area contributed by atoms with Crippen molar-refractivity contribution in [1.29, 1.82) is 0 Å². The number of nitrogens with one attached hydrogen (secondary N) is 1. The maximum atomic E-state index is 12.5. The van der Waals surface area contributed by atoms with E-state index in [1.165, 1.54) is 24.0 Å². The van der Waals surface area contributed by atoms with Gasteiger partial charge in [0.2, 0.25) is 0 Å². The number of amides is 1. The molecule has 0 saturated carbocycles. The molecule has 0 aliphatic carbocycles. The molecule has 1 atom stereocenters. The van der Waals surface area contributed by atoms with E-state index in [0.29, 0.717) is 12.6 Å². The second-order valence-electron chi connectivity index (χ2n) is 6.32. The molecule has 4 heteroatoms. The lowest BCUT2D eigenvalue weighted by atomic mass is 10.1. The van der Waals surface area contributed by atoms with E-state index >= 15 is 0 Å². The predicted molar refractivity (Wildman–Crippen MR) is 96.1 cm³/mol. The Morgan fingerprint density at radius 3 is 2.65 bits per heavy atom. The quantitative estimate of drug-likeness (QED) is 0.902. The third-order valence-electron chi connectivity index (χ3n) is 4.73. The maximum absolute atomic E-state index is 12.5. The zero-order valence-corrected chi connectivity index (χ0v) is 14.7. The summed E-state index contributed by atoms with van der Waals surface area (Å²) in [5.41, 5.74) is 4.44. The third kappa shape index (κ3) is 3.82. The molecule has 1 saturated heterocycles. The highest BCUT2D eigenvalue weighted by Gasteiger charge is 2.24. The van der Waals surface area contributed by atoms with Gasteiger partial charge in [0.05, 0.1) is 6.04 Å². The fourth-order valence-corrected chi connectivity index (χ4v) is 3.86. The Hall–Kier alpha value is -1.65. The van der Waals surface area contributed by atoms with Gasteiger partial charge < -0.3 is 5.32 Å². The Bertz CT molecular complexity index is 660. The highest BCUT2D eigenvalue weighted by atomic mass is 32.1. The van der Waals surface area contributed by atoms with Crippen LogP contribution in [0.4, 0.5) is 0 Å². The van der Waals surface area contributed by atoms with Crippen LogP contribution in [-0.4, -0.2) is 30.4 Å². The minimum absolute atomic E-state index is 0.0209. The Morgan fingerprint density at radius 1 is 1.22 bits per heavy atom. The highest BCUT2D eigenvalue weighted by Crippen LogP contribution is 2.26. The summed E-state index contributed by atoms with van der Waals surface area (Å²) in [6.07, 6.45) is 2.51. The molecule has 3 rings (SSSR count). The van der Waals surface area contributed by atoms with Gasteiger partial charge in [-0.15, -0.1) is 0 Å². The number of carbonyl (C=O) groups excluding carboxylic acids is 1. The first kappa shape index (κ1) is 16.2. The summed E-state index contributed by atoms with van der Waals surface area (Å²) in [6.45, 7) is 7.03. The van der Waals surface area contributed by atoms with Crippen molar-refractivity contribution in [1.82, 2.24) is 10.2 Å². The first-order chi connectivity index (χ1) is 11.1. The van der Waals surface area contributed by atoms with E-state index in [-0.39, 0.29) is 5.91 Å². The number of hydrogen-bond donors (Lipinski definition) is 1. The van der Waals surface area contributed by atoms with Crippen LogP contribution in [0.2, 0.25) is 0 Å². The fourth-order valence-electron chi connectivity index (χ4n) is 3.15. The molecule has 1 unspecified atom stereocenters. The van der Waals surface area contributed by atoms with E-state index in [1.807, 2.05) is 25.1 Å². The van der Waals surface area contributed by atoms with Crippen LogP contribution in [0.5, 0.6) is 0 Å². The zero-order valence-electron chi connectivity index (χ0n) is 13.8. The van der Waals surface area contributed by atoms with Gasteiger partial charge in [0.1, 0.15) is 0 Å². The third-order valence-corrected chi connectivity index (χ3v) is 5.44. The van der Waals surface area contributed by atoms with Gasteiger partial charge in [-0.1, -0.05) is 6.07 Å². The minimum Gasteiger partial charge on any atom is -0.350 e. The Balaban J connectivity index is 1.68. The van der Waals surface area contributed by atoms with Crippen molar-refractivity contribution in [3.63, 3.8) is 0 Å². The van der Waals surface area contributed by atoms with Crippen molar-refractivity contribution >= 4 is 17.2 Å². The number of likely N-dealkylation sites (tertiary alicyclic amines) is 1. The molecule has 0 bridgehead atoms. The monoisotopic (exact) mass is 328 g/mol. The van der Waals surface area contributed by atoms with Gasteiger partial charge in [0.15, 0.2) is 0 Å². The Kier molecular flexibility index (Phi) is 5.13. The van der Waals surface area contributed by atoms with Gasteiger partial charge in [-0.3, -0.25) is 9.69 Å². The number of rotatable bonds is 5. The Labute approximate surface area is 142 Å². The lowest BCUT2D eigenvalue weighted by Crippen LogP contribution is -2.36. The van der Waals surface area contributed by atoms with Crippen molar-refractivity contribution < 1.29 is 4.79 Å². The first-order valence-corrected chi connectivity index (χ1v) is 9.21. The number of nitrogens with zero attached hydrogens (tertiary/aromatic N) is 1. The summed E-state index contributed by atoms with van der Waals surface area (Å²) >= 11 is 1.72. The SMILES string of the molecule is Cc1ccc(C(=O)NCC(c2ccsc2)N2CCCC2)cc1C. The van der Waals surface area contributed by atoms with E-state index in [1.54, 1.807) is 11.3 Å². The van der Waals surface area contributed by atoms with E-state index in [0.717, 1.165) is 24.2 Å². The molecular formula is C19H24N2OS. The molecule has 122 valence electrons. The van der Waals surface area contributed by atoms with Crippen LogP contribution in [0.3, 0.4) is 0 Å². The average molecular weight is 328 g/mol. The average Bonchev–Trinajstić information content (AvgIpc) is 3.24. The van der Waals surface area contributed by atoms with E-state index in [4.69, 9.17) is 0 Å². The molecule has 1 aliphatic rings. The molecule has 0 radical (unpaired) electrons. The topological polar surface area (TPSA) is 32.3 Å². The molecule has 0 spiro atoms. The smallest absolute Gasteiger partial charge is 0.251 e. The summed E-state index contributed by atoms with van der Waals surface area (Å²) < 4.78 is 0. The number of aryl methyl sites for hydroxylation is 2. The molecule has 1 fully saturated rings. The van der Waals surface area contributed by atoms with Crippen molar-refractivity contribution in [2.24, 2.45) is 0 Å². The highest BCUT2D eigenvalue weighted by molar-refractivity contribution is 7.07. The minimum atomic E-state index is 0.0209. The van der Waals surface area contributed by atoms with E-state index in [2.05, 4.69) is 34.0 Å². The lowest BCUT2D eigenvalue weighted by Gasteiger charge is -2.27. The van der Waals surface area contributed by atoms with Crippen LogP contribution in [0.15, 0.2) is 35.0 Å². The summed E-state index contributed by atoms with van der Waals surface area (Å²) in [6, 6.07) is 8.36. The van der Waals surface area contributed by atoms with Crippen LogP contribution in [0, 0.1) is 13.8 Å². The predicted octanol–water partition coefficient (Wildman–Crippen LogP) is 3.93. The summed E-state index contributed by atoms with van der Waals surface area (Å²) in [7, 11) is 0. The molecule has 1 aromatic carbocycles. The largest absolute Gasteiger partial charge is 0.350 e. The molecule has 3 nitrogen and oxygen atoms in total. The molecular weight excluding hydrogens is 304 g/mol. The molecule has 2 heterocycles. The molecule has 1 N–H and O–H groups in total. The Morgan fingerprint density at radius 2 is 2.00 bits per heavy atom. The molecule has 23 heavy (non-hydrogen) atoms. The van der Waals surface area contributed by atoms with Gasteiger partial charge in [-0.25, -0.2) is 0 Å². The second kappa shape index (κ2) is 7.28. The van der Waals surface area contributed by atoms with Gasteiger partial charge >= 0.3 is 0 Å². The summed E-state index contributed by atoms with van der Waals surface area (Å²) in [5.74, 6) is 0.0209. The molecule has 1 aliphatic heterocycles. The number of hydrogen-bond acceptors (Lipinski definition) is 3. The van der Waals surface area contributed by atoms with Gasteiger partial charge in [0.25, 0.3) is 5.91 Å². The number of carbonyl (C=O) groups is 1. The summed E-state index contributed by atoms with van der Waals surface area (Å²) in [5, 5.41) is 7.45. The second-order valence-corrected chi connectivity index (χ2v) is 7.10. The van der Waals surface area contributed by atoms with Crippen molar-refractivity contribution in [3.05, 3.63) is 57.3 Å². The van der Waals surface area contributed by atoms with E-state index in [9.17, 15) is 4.79 Å². The van der Waals surface area contributed by atoms with Crippen LogP contribution in [-0.2, 0) is 0 Å². The molecule has 1 aromatic heterocycles. The van der Waals surface area contributed by atoms with Crippen LogP contribution in [0.1, 0.15) is 45.9 Å². The number of thiophene rings is 1. The fraction of sp³-hybridized carbons (Fsp3) is 0.421. The summed E-state index contributed by atoms with van der Waals surface area (Å²) in [4.78, 5) is 15.0. The first-order valence-electron chi connectivity index (χ1n) is 8.27. The van der Waals surface area contributed by atoms with Crippen molar-refractivity contribution in [2.75, 3.05) is 19.6 Å². The zero-order chi connectivity index (χ0) is 16.2. The maximum Gasteiger partial charge on any atom is 0.251 e. The van der Waals surface area contributed by atoms with Crippen LogP contribution in [0.25, 0.3) is 0 Å². The van der Waals surface area contributed by atoms with Crippen molar-refractivity contribution in [2.45, 2.75) is 32.7 Å². The van der Waals surface area contributed by atoms with Gasteiger partial charge in [-0.05, 0) is 85.4 Å². The molecule has 2 aromatic rings. The van der Waals surface area contributed by atoms with Crippen LogP contribution < -0.4 is 5.32 Å². The lowest BCUT2D eigenvalue weighted by molar-refractivity contribution is 0.0938. The standard InChI is InChI=1S/C19H24N2OS/c1-14-5-6-16(11-15(14)2)19(22)20-12-18(17-7-10-23-13-17)21-8-3-4-9-21/h5-7,10-11,13,18H,3-4,8-9,12H2,1-2H3,(H,20,22). The van der Waals surface area contributed by atoms with Crippen molar-refractivity contribution in [3.8, 4) is 0 Å². The molecule has 1 amide bonds. The normalized spacial score (nSPS) is 16.4. The van der Waals surface area contributed by atoms with E-state index < -0.39 is 0 Å². The number of benzene rings is 1. The van der Waals surface area contributed by atoms with Crippen LogP contribution >= 0.6 is 11.3 Å².